The molecule has 9 heteroatoms. The number of nitrogens with zero attached hydrogens (tertiary/aromatic N) is 2. The van der Waals surface area contributed by atoms with Crippen LogP contribution < -0.4 is 20.1 Å². The van der Waals surface area contributed by atoms with Crippen molar-refractivity contribution < 1.29 is 19.4 Å². The van der Waals surface area contributed by atoms with Crippen LogP contribution in [0.15, 0.2) is 41.4 Å². The fourth-order valence-corrected chi connectivity index (χ4v) is 2.22. The quantitative estimate of drug-likeness (QED) is 0.328. The van der Waals surface area contributed by atoms with Crippen molar-refractivity contribution in [2.45, 2.75) is 18.1 Å². The highest BCUT2D eigenvalue weighted by atomic mass is 32.1. The minimum Gasteiger partial charge on any atom is -0.491 e. The lowest BCUT2D eigenvalue weighted by Gasteiger charge is -2.14. The number of hydrogen-bond acceptors (Lipinski definition) is 8. The number of benzene rings is 1. The Bertz CT molecular complexity index is 715. The Kier molecular flexibility index (Phi) is 8.82. The number of carbonyl (C=O) groups excluding carboxylic acids is 1. The molecule has 0 aliphatic rings. The predicted octanol–water partition coefficient (Wildman–Crippen LogP) is 0.598. The van der Waals surface area contributed by atoms with Gasteiger partial charge in [-0.3, -0.25) is 4.79 Å². The number of carbonyl (C=O) groups is 1. The fraction of sp³-hybridized carbons (Fsp3) is 0.389. The van der Waals surface area contributed by atoms with Crippen LogP contribution in [-0.4, -0.2) is 60.2 Å². The number of hydrogen-bond donors (Lipinski definition) is 4. The second-order valence-corrected chi connectivity index (χ2v) is 6.26. The largest absolute Gasteiger partial charge is 0.491 e. The zero-order valence-corrected chi connectivity index (χ0v) is 16.0. The molecule has 0 saturated heterocycles. The van der Waals surface area contributed by atoms with Crippen molar-refractivity contribution in [2.75, 3.05) is 32.8 Å². The Morgan fingerprint density at radius 2 is 2.00 bits per heavy atom. The summed E-state index contributed by atoms with van der Waals surface area (Å²) in [4.78, 5) is 11.7. The maximum Gasteiger partial charge on any atom is 0.258 e. The van der Waals surface area contributed by atoms with E-state index < -0.39 is 6.10 Å². The molecule has 0 spiro atoms. The second kappa shape index (κ2) is 11.4. The summed E-state index contributed by atoms with van der Waals surface area (Å²) in [7, 11) is 0. The van der Waals surface area contributed by atoms with Gasteiger partial charge >= 0.3 is 0 Å². The van der Waals surface area contributed by atoms with Crippen molar-refractivity contribution in [1.29, 1.82) is 0 Å². The van der Waals surface area contributed by atoms with Crippen LogP contribution in [0, 0.1) is 6.92 Å². The number of ether oxygens (including phenoxy) is 2. The van der Waals surface area contributed by atoms with E-state index in [9.17, 15) is 9.90 Å². The molecule has 2 rings (SSSR count). The molecule has 1 heterocycles. The first-order valence-corrected chi connectivity index (χ1v) is 8.98. The van der Waals surface area contributed by atoms with Gasteiger partial charge in [-0.15, -0.1) is 22.8 Å². The first-order chi connectivity index (χ1) is 13.0. The number of thiol groups is 1. The van der Waals surface area contributed by atoms with E-state index >= 15 is 0 Å². The van der Waals surface area contributed by atoms with Gasteiger partial charge in [0.2, 0.25) is 5.88 Å². The lowest BCUT2D eigenvalue weighted by Crippen LogP contribution is -2.38. The van der Waals surface area contributed by atoms with Crippen LogP contribution in [0.2, 0.25) is 0 Å². The highest BCUT2D eigenvalue weighted by molar-refractivity contribution is 7.80. The number of aliphatic hydroxyl groups excluding tert-OH is 1. The Labute approximate surface area is 163 Å². The summed E-state index contributed by atoms with van der Waals surface area (Å²) >= 11 is 4.02. The van der Waals surface area contributed by atoms with Gasteiger partial charge in [0.15, 0.2) is 6.61 Å². The molecule has 146 valence electrons. The first-order valence-electron chi connectivity index (χ1n) is 8.54. The summed E-state index contributed by atoms with van der Waals surface area (Å²) in [6, 6.07) is 10.9. The SMILES string of the molecule is Cc1ccccc1OCC(O)CNCCNC(=O)COc1ccc(S)nn1. The average Bonchev–Trinajstić information content (AvgIpc) is 2.66. The van der Waals surface area contributed by atoms with E-state index in [2.05, 4.69) is 33.5 Å². The molecule has 1 aromatic carbocycles. The molecule has 0 aliphatic carbocycles. The summed E-state index contributed by atoms with van der Waals surface area (Å²) in [5.41, 5.74) is 1.02. The maximum absolute atomic E-state index is 11.7. The first kappa shape index (κ1) is 20.9. The van der Waals surface area contributed by atoms with Gasteiger partial charge in [-0.25, -0.2) is 0 Å². The molecule has 1 aromatic heterocycles. The van der Waals surface area contributed by atoms with E-state index in [4.69, 9.17) is 9.47 Å². The van der Waals surface area contributed by atoms with E-state index in [1.165, 1.54) is 0 Å². The normalized spacial score (nSPS) is 11.7. The van der Waals surface area contributed by atoms with Crippen LogP contribution in [0.1, 0.15) is 5.56 Å². The maximum atomic E-state index is 11.7. The van der Waals surface area contributed by atoms with Crippen molar-refractivity contribution in [3.63, 3.8) is 0 Å². The van der Waals surface area contributed by atoms with E-state index in [1.54, 1.807) is 12.1 Å². The molecular formula is C18H24N4O4S. The summed E-state index contributed by atoms with van der Waals surface area (Å²) < 4.78 is 10.8. The summed E-state index contributed by atoms with van der Waals surface area (Å²) in [6.07, 6.45) is -0.642. The van der Waals surface area contributed by atoms with E-state index in [-0.39, 0.29) is 25.0 Å². The predicted molar refractivity (Wildman–Crippen MR) is 103 cm³/mol. The van der Waals surface area contributed by atoms with Crippen molar-refractivity contribution in [3.8, 4) is 11.6 Å². The highest BCUT2D eigenvalue weighted by Crippen LogP contribution is 2.16. The molecule has 27 heavy (non-hydrogen) atoms. The van der Waals surface area contributed by atoms with Gasteiger partial charge in [0.1, 0.15) is 23.5 Å². The minimum absolute atomic E-state index is 0.145. The summed E-state index contributed by atoms with van der Waals surface area (Å²) in [6.45, 7) is 3.30. The highest BCUT2D eigenvalue weighted by Gasteiger charge is 2.07. The van der Waals surface area contributed by atoms with Gasteiger partial charge in [0.05, 0.1) is 0 Å². The molecule has 3 N–H and O–H groups in total. The Hall–Kier alpha value is -2.36. The molecule has 0 radical (unpaired) electrons. The third-order valence-electron chi connectivity index (χ3n) is 3.51. The van der Waals surface area contributed by atoms with Gasteiger partial charge in [-0.2, -0.15) is 0 Å². The van der Waals surface area contributed by atoms with E-state index in [0.717, 1.165) is 11.3 Å². The molecule has 0 bridgehead atoms. The third-order valence-corrected chi connectivity index (χ3v) is 3.74. The lowest BCUT2D eigenvalue weighted by molar-refractivity contribution is -0.123. The average molecular weight is 392 g/mol. The molecule has 1 amide bonds. The third kappa shape index (κ3) is 8.25. The minimum atomic E-state index is -0.642. The van der Waals surface area contributed by atoms with Crippen LogP contribution in [0.3, 0.4) is 0 Å². The number of aromatic nitrogens is 2. The van der Waals surface area contributed by atoms with Gasteiger partial charge in [-0.1, -0.05) is 18.2 Å². The molecular weight excluding hydrogens is 368 g/mol. The van der Waals surface area contributed by atoms with Crippen LogP contribution in [0.5, 0.6) is 11.6 Å². The molecule has 1 unspecified atom stereocenters. The van der Waals surface area contributed by atoms with Crippen LogP contribution in [0.4, 0.5) is 0 Å². The Balaban J connectivity index is 1.51. The fourth-order valence-electron chi connectivity index (χ4n) is 2.10. The standard InChI is InChI=1S/C18H24N4O4S/c1-13-4-2-3-5-15(13)25-11-14(23)10-19-8-9-20-16(24)12-26-17-6-7-18(27)22-21-17/h2-7,14,19,23H,8-12H2,1H3,(H,20,24)(H,22,27). The van der Waals surface area contributed by atoms with Gasteiger partial charge in [0.25, 0.3) is 5.91 Å². The van der Waals surface area contributed by atoms with Gasteiger partial charge < -0.3 is 25.2 Å². The summed E-state index contributed by atoms with van der Waals surface area (Å²) in [5, 5.41) is 23.6. The number of para-hydroxylation sites is 1. The smallest absolute Gasteiger partial charge is 0.258 e. The topological polar surface area (TPSA) is 106 Å². The number of amides is 1. The molecule has 8 nitrogen and oxygen atoms in total. The molecule has 2 aromatic rings. The van der Waals surface area contributed by atoms with Crippen LogP contribution in [0.25, 0.3) is 0 Å². The molecule has 0 fully saturated rings. The van der Waals surface area contributed by atoms with Crippen LogP contribution >= 0.6 is 12.6 Å². The van der Waals surface area contributed by atoms with Crippen molar-refractivity contribution >= 4 is 18.5 Å². The second-order valence-electron chi connectivity index (χ2n) is 5.80. The number of aryl methyl sites for hydroxylation is 1. The van der Waals surface area contributed by atoms with Crippen molar-refractivity contribution in [1.82, 2.24) is 20.8 Å². The Morgan fingerprint density at radius 1 is 1.19 bits per heavy atom. The molecule has 1 atom stereocenters. The number of rotatable bonds is 11. The molecule has 0 saturated carbocycles. The van der Waals surface area contributed by atoms with Crippen LogP contribution in [-0.2, 0) is 4.79 Å². The zero-order valence-electron chi connectivity index (χ0n) is 15.1. The van der Waals surface area contributed by atoms with Crippen molar-refractivity contribution in [2.24, 2.45) is 0 Å². The van der Waals surface area contributed by atoms with Crippen molar-refractivity contribution in [3.05, 3.63) is 42.0 Å². The Morgan fingerprint density at radius 3 is 2.74 bits per heavy atom. The molecule has 0 aliphatic heterocycles. The number of nitrogens with one attached hydrogen (secondary N) is 2. The zero-order chi connectivity index (χ0) is 19.5. The van der Waals surface area contributed by atoms with Gasteiger partial charge in [0, 0.05) is 25.7 Å². The summed E-state index contributed by atoms with van der Waals surface area (Å²) in [5.74, 6) is 0.757. The number of aliphatic hydroxyl groups is 1. The van der Waals surface area contributed by atoms with E-state index in [1.807, 2.05) is 31.2 Å². The lowest BCUT2D eigenvalue weighted by atomic mass is 10.2. The monoisotopic (exact) mass is 392 g/mol. The van der Waals surface area contributed by atoms with Gasteiger partial charge in [-0.05, 0) is 24.6 Å². The van der Waals surface area contributed by atoms with E-state index in [0.29, 0.717) is 24.7 Å².